The molecule has 0 saturated carbocycles. The molecule has 4 aromatic rings. The monoisotopic (exact) mass is 413 g/mol. The third-order valence-electron chi connectivity index (χ3n) is 5.83. The predicted molar refractivity (Wildman–Crippen MR) is 118 cm³/mol. The summed E-state index contributed by atoms with van der Waals surface area (Å²) in [6, 6.07) is 18.2. The topological polar surface area (TPSA) is 50.5 Å². The van der Waals surface area contributed by atoms with Gasteiger partial charge >= 0.3 is 0 Å². The van der Waals surface area contributed by atoms with Crippen LogP contribution in [0.5, 0.6) is 0 Å². The number of rotatable bonds is 3. The van der Waals surface area contributed by atoms with Gasteiger partial charge in [-0.25, -0.2) is 4.39 Å². The van der Waals surface area contributed by atoms with Crippen LogP contribution < -0.4 is 10.3 Å². The number of amides is 1. The SMILES string of the molecule is CCc1ccc([C@H]2c3c(oc4ccc(C)cc4c3=O)C(=O)N2c2ccc(F)cc2)cc1. The second-order valence-corrected chi connectivity index (χ2v) is 7.82. The van der Waals surface area contributed by atoms with Crippen LogP contribution in [0.2, 0.25) is 0 Å². The minimum Gasteiger partial charge on any atom is -0.450 e. The van der Waals surface area contributed by atoms with Crippen molar-refractivity contribution in [1.29, 1.82) is 0 Å². The number of anilines is 1. The number of fused-ring (bicyclic) bond motifs is 2. The molecule has 31 heavy (non-hydrogen) atoms. The van der Waals surface area contributed by atoms with Crippen molar-refractivity contribution >= 4 is 22.6 Å². The summed E-state index contributed by atoms with van der Waals surface area (Å²) in [5, 5.41) is 0.447. The Balaban J connectivity index is 1.79. The number of benzene rings is 3. The maximum absolute atomic E-state index is 13.6. The van der Waals surface area contributed by atoms with E-state index in [1.807, 2.05) is 37.3 Å². The Kier molecular flexibility index (Phi) is 4.47. The van der Waals surface area contributed by atoms with Crippen LogP contribution in [0.1, 0.15) is 45.8 Å². The Labute approximate surface area is 178 Å². The molecule has 0 aliphatic carbocycles. The van der Waals surface area contributed by atoms with Gasteiger partial charge in [-0.2, -0.15) is 0 Å². The van der Waals surface area contributed by atoms with Crippen LogP contribution in [0.4, 0.5) is 10.1 Å². The molecule has 0 bridgehead atoms. The fraction of sp³-hybridized carbons (Fsp3) is 0.154. The van der Waals surface area contributed by atoms with E-state index in [4.69, 9.17) is 4.42 Å². The number of carbonyl (C=O) groups is 1. The minimum atomic E-state index is -0.653. The van der Waals surface area contributed by atoms with E-state index in [1.54, 1.807) is 24.3 Å². The molecule has 5 heteroatoms. The summed E-state index contributed by atoms with van der Waals surface area (Å²) < 4.78 is 19.5. The molecule has 154 valence electrons. The quantitative estimate of drug-likeness (QED) is 0.442. The Bertz CT molecular complexity index is 1370. The molecule has 0 saturated heterocycles. The summed E-state index contributed by atoms with van der Waals surface area (Å²) in [7, 11) is 0. The molecule has 2 heterocycles. The molecule has 1 aliphatic rings. The van der Waals surface area contributed by atoms with Crippen molar-refractivity contribution in [3.8, 4) is 0 Å². The van der Waals surface area contributed by atoms with Crippen molar-refractivity contribution in [1.82, 2.24) is 0 Å². The Morgan fingerprint density at radius 2 is 1.68 bits per heavy atom. The van der Waals surface area contributed by atoms with Crippen LogP contribution in [0.3, 0.4) is 0 Å². The van der Waals surface area contributed by atoms with E-state index in [0.29, 0.717) is 22.2 Å². The normalized spacial score (nSPS) is 15.5. The number of nitrogens with zero attached hydrogens (tertiary/aromatic N) is 1. The molecule has 1 aromatic heterocycles. The zero-order valence-corrected chi connectivity index (χ0v) is 17.2. The van der Waals surface area contributed by atoms with Gasteiger partial charge in [-0.15, -0.1) is 0 Å². The van der Waals surface area contributed by atoms with Crippen LogP contribution in [0.25, 0.3) is 11.0 Å². The first-order valence-corrected chi connectivity index (χ1v) is 10.2. The zero-order valence-electron chi connectivity index (χ0n) is 17.2. The van der Waals surface area contributed by atoms with Crippen molar-refractivity contribution in [3.63, 3.8) is 0 Å². The van der Waals surface area contributed by atoms with Gasteiger partial charge in [-0.3, -0.25) is 14.5 Å². The van der Waals surface area contributed by atoms with Gasteiger partial charge in [0, 0.05) is 5.69 Å². The fourth-order valence-electron chi connectivity index (χ4n) is 4.21. The first-order chi connectivity index (χ1) is 15.0. The average molecular weight is 413 g/mol. The van der Waals surface area contributed by atoms with E-state index >= 15 is 0 Å². The smallest absolute Gasteiger partial charge is 0.295 e. The third-order valence-corrected chi connectivity index (χ3v) is 5.83. The maximum atomic E-state index is 13.6. The largest absolute Gasteiger partial charge is 0.450 e. The van der Waals surface area contributed by atoms with E-state index < -0.39 is 17.8 Å². The molecule has 0 N–H and O–H groups in total. The number of hydrogen-bond donors (Lipinski definition) is 0. The number of hydrogen-bond acceptors (Lipinski definition) is 3. The van der Waals surface area contributed by atoms with E-state index in [9.17, 15) is 14.0 Å². The van der Waals surface area contributed by atoms with Crippen molar-refractivity contribution < 1.29 is 13.6 Å². The highest BCUT2D eigenvalue weighted by Crippen LogP contribution is 2.41. The number of aryl methyl sites for hydroxylation is 2. The molecule has 0 spiro atoms. The van der Waals surface area contributed by atoms with Gasteiger partial charge in [0.05, 0.1) is 17.0 Å². The highest BCUT2D eigenvalue weighted by atomic mass is 19.1. The van der Waals surface area contributed by atoms with Gasteiger partial charge < -0.3 is 4.42 Å². The van der Waals surface area contributed by atoms with Crippen molar-refractivity contribution in [2.45, 2.75) is 26.3 Å². The lowest BCUT2D eigenvalue weighted by Gasteiger charge is -2.25. The van der Waals surface area contributed by atoms with Crippen molar-refractivity contribution in [2.75, 3.05) is 4.90 Å². The molecule has 1 aliphatic heterocycles. The van der Waals surface area contributed by atoms with Crippen LogP contribution in [-0.2, 0) is 6.42 Å². The minimum absolute atomic E-state index is 0.0373. The number of carbonyl (C=O) groups excluding carboxylic acids is 1. The second-order valence-electron chi connectivity index (χ2n) is 7.82. The summed E-state index contributed by atoms with van der Waals surface area (Å²) in [5.74, 6) is -0.770. The Morgan fingerprint density at radius 1 is 0.968 bits per heavy atom. The van der Waals surface area contributed by atoms with Gasteiger partial charge in [-0.05, 0) is 60.9 Å². The first kappa shape index (κ1) is 19.2. The van der Waals surface area contributed by atoms with E-state index in [-0.39, 0.29) is 11.2 Å². The lowest BCUT2D eigenvalue weighted by Crippen LogP contribution is -2.29. The molecular weight excluding hydrogens is 393 g/mol. The Hall–Kier alpha value is -3.73. The van der Waals surface area contributed by atoms with Crippen LogP contribution >= 0.6 is 0 Å². The van der Waals surface area contributed by atoms with Crippen LogP contribution in [-0.4, -0.2) is 5.91 Å². The standard InChI is InChI=1S/C26H20FNO3/c1-3-16-5-7-17(8-6-16)23-22-24(29)20-14-15(2)4-13-21(20)31-25(22)26(30)28(23)19-11-9-18(27)10-12-19/h4-14,23H,3H2,1-2H3/t23-/m0/s1. The summed E-state index contributed by atoms with van der Waals surface area (Å²) in [6.07, 6.45) is 0.883. The van der Waals surface area contributed by atoms with Crippen molar-refractivity contribution in [2.24, 2.45) is 0 Å². The average Bonchev–Trinajstić information content (AvgIpc) is 3.07. The van der Waals surface area contributed by atoms with E-state index in [0.717, 1.165) is 23.1 Å². The molecular formula is C26H20FNO3. The summed E-state index contributed by atoms with van der Waals surface area (Å²) >= 11 is 0. The van der Waals surface area contributed by atoms with Crippen molar-refractivity contribution in [3.05, 3.63) is 111 Å². The van der Waals surface area contributed by atoms with E-state index in [2.05, 4.69) is 6.92 Å². The maximum Gasteiger partial charge on any atom is 0.295 e. The lowest BCUT2D eigenvalue weighted by atomic mass is 9.96. The molecule has 0 fully saturated rings. The molecule has 5 rings (SSSR count). The molecule has 4 nitrogen and oxygen atoms in total. The third kappa shape index (κ3) is 3.05. The summed E-state index contributed by atoms with van der Waals surface area (Å²) in [4.78, 5) is 28.5. The predicted octanol–water partition coefficient (Wildman–Crippen LogP) is 5.55. The summed E-state index contributed by atoms with van der Waals surface area (Å²) in [5.41, 5.74) is 3.86. The van der Waals surface area contributed by atoms with Gasteiger partial charge in [0.1, 0.15) is 11.4 Å². The molecule has 0 radical (unpaired) electrons. The molecule has 3 aromatic carbocycles. The van der Waals surface area contributed by atoms with E-state index in [1.165, 1.54) is 17.0 Å². The highest BCUT2D eigenvalue weighted by molar-refractivity contribution is 6.10. The Morgan fingerprint density at radius 3 is 2.35 bits per heavy atom. The second kappa shape index (κ2) is 7.20. The first-order valence-electron chi connectivity index (χ1n) is 10.2. The fourth-order valence-corrected chi connectivity index (χ4v) is 4.21. The van der Waals surface area contributed by atoms with Gasteiger partial charge in [0.25, 0.3) is 5.91 Å². The van der Waals surface area contributed by atoms with Gasteiger partial charge in [0.15, 0.2) is 5.43 Å². The lowest BCUT2D eigenvalue weighted by molar-refractivity contribution is 0.0971. The molecule has 1 amide bonds. The van der Waals surface area contributed by atoms with Gasteiger partial charge in [0.2, 0.25) is 5.76 Å². The van der Waals surface area contributed by atoms with Crippen LogP contribution in [0.15, 0.2) is 75.9 Å². The zero-order chi connectivity index (χ0) is 21.7. The highest BCUT2D eigenvalue weighted by Gasteiger charge is 2.43. The number of halogens is 1. The van der Waals surface area contributed by atoms with Gasteiger partial charge in [-0.1, -0.05) is 42.8 Å². The summed E-state index contributed by atoms with van der Waals surface area (Å²) in [6.45, 7) is 3.97. The molecule has 0 unspecified atom stereocenters. The van der Waals surface area contributed by atoms with Crippen LogP contribution in [0, 0.1) is 12.7 Å². The molecule has 1 atom stereocenters.